The Hall–Kier alpha value is -0.860. The van der Waals surface area contributed by atoms with E-state index < -0.39 is 6.29 Å². The van der Waals surface area contributed by atoms with Crippen LogP contribution in [-0.2, 0) is 4.74 Å². The van der Waals surface area contributed by atoms with Crippen molar-refractivity contribution in [2.45, 2.75) is 26.6 Å². The molecule has 0 heterocycles. The lowest BCUT2D eigenvalue weighted by atomic mass is 10.2. The Bertz CT molecular complexity index is 192. The number of hydrogen-bond donors (Lipinski definition) is 1. The van der Waals surface area contributed by atoms with E-state index in [1.807, 2.05) is 26.0 Å². The van der Waals surface area contributed by atoms with Crippen LogP contribution >= 0.6 is 0 Å². The fraction of sp³-hybridized carbons (Fsp3) is 0.455. The van der Waals surface area contributed by atoms with Crippen molar-refractivity contribution in [3.8, 4) is 0 Å². The van der Waals surface area contributed by atoms with Crippen LogP contribution < -0.4 is 0 Å². The van der Waals surface area contributed by atoms with Gasteiger partial charge < -0.3 is 9.84 Å². The van der Waals surface area contributed by atoms with Gasteiger partial charge in [-0.2, -0.15) is 0 Å². The quantitative estimate of drug-likeness (QED) is 0.505. The highest BCUT2D eigenvalue weighted by Crippen LogP contribution is 2.06. The Morgan fingerprint density at radius 1 is 1.54 bits per heavy atom. The van der Waals surface area contributed by atoms with E-state index in [4.69, 9.17) is 4.74 Å². The molecule has 0 rings (SSSR count). The lowest BCUT2D eigenvalue weighted by Gasteiger charge is -2.10. The molecule has 0 bridgehead atoms. The molecular weight excluding hydrogens is 164 g/mol. The topological polar surface area (TPSA) is 29.5 Å². The Morgan fingerprint density at radius 2 is 2.23 bits per heavy atom. The van der Waals surface area contributed by atoms with Crippen molar-refractivity contribution < 1.29 is 9.84 Å². The van der Waals surface area contributed by atoms with Crippen LogP contribution in [0.4, 0.5) is 0 Å². The summed E-state index contributed by atoms with van der Waals surface area (Å²) in [6.45, 7) is 7.95. The smallest absolute Gasteiger partial charge is 0.181 e. The first kappa shape index (κ1) is 12.1. The Morgan fingerprint density at radius 3 is 2.69 bits per heavy atom. The van der Waals surface area contributed by atoms with Crippen LogP contribution in [-0.4, -0.2) is 18.0 Å². The maximum absolute atomic E-state index is 9.48. The lowest BCUT2D eigenvalue weighted by Crippen LogP contribution is -2.13. The molecule has 1 atom stereocenters. The minimum atomic E-state index is -0.842. The van der Waals surface area contributed by atoms with Gasteiger partial charge in [0.2, 0.25) is 0 Å². The Balaban J connectivity index is 4.32. The van der Waals surface area contributed by atoms with Gasteiger partial charge in [-0.1, -0.05) is 37.8 Å². The molecule has 0 saturated heterocycles. The molecule has 0 fully saturated rings. The van der Waals surface area contributed by atoms with Crippen LogP contribution in [0.3, 0.4) is 0 Å². The van der Waals surface area contributed by atoms with E-state index in [1.54, 1.807) is 12.2 Å². The van der Waals surface area contributed by atoms with Crippen LogP contribution in [0.2, 0.25) is 0 Å². The largest absolute Gasteiger partial charge is 0.364 e. The highest BCUT2D eigenvalue weighted by molar-refractivity contribution is 5.24. The van der Waals surface area contributed by atoms with E-state index in [-0.39, 0.29) is 0 Å². The van der Waals surface area contributed by atoms with E-state index in [0.29, 0.717) is 6.61 Å². The van der Waals surface area contributed by atoms with Gasteiger partial charge in [0.15, 0.2) is 6.29 Å². The minimum Gasteiger partial charge on any atom is -0.364 e. The third-order valence-corrected chi connectivity index (χ3v) is 1.47. The zero-order valence-electron chi connectivity index (χ0n) is 8.36. The zero-order chi connectivity index (χ0) is 10.1. The molecule has 0 aromatic rings. The van der Waals surface area contributed by atoms with Gasteiger partial charge in [0, 0.05) is 12.2 Å². The summed E-state index contributed by atoms with van der Waals surface area (Å²) in [7, 11) is 0. The standard InChI is InChI=1S/C11H18O2/c1-4-7-9-10(8-5-2)11(12)13-6-3/h5,7-9,11-12H,2,4,6H2,1,3H3/b9-7-,10-8+. The third-order valence-electron chi connectivity index (χ3n) is 1.47. The molecular formula is C11H18O2. The SMILES string of the molecule is C=C/C=C(\C=C/CC)C(O)OCC. The summed E-state index contributed by atoms with van der Waals surface area (Å²) in [5.74, 6) is 0. The monoisotopic (exact) mass is 182 g/mol. The predicted molar refractivity (Wildman–Crippen MR) is 55.3 cm³/mol. The summed E-state index contributed by atoms with van der Waals surface area (Å²) < 4.78 is 5.04. The number of allylic oxidation sites excluding steroid dienone is 3. The summed E-state index contributed by atoms with van der Waals surface area (Å²) in [5.41, 5.74) is 0.735. The minimum absolute atomic E-state index is 0.496. The molecule has 0 spiro atoms. The summed E-state index contributed by atoms with van der Waals surface area (Å²) in [6, 6.07) is 0. The van der Waals surface area contributed by atoms with Gasteiger partial charge in [0.05, 0.1) is 0 Å². The molecule has 0 saturated carbocycles. The maximum Gasteiger partial charge on any atom is 0.181 e. The van der Waals surface area contributed by atoms with Crippen molar-refractivity contribution in [3.05, 3.63) is 36.5 Å². The second-order valence-corrected chi connectivity index (χ2v) is 2.52. The summed E-state index contributed by atoms with van der Waals surface area (Å²) >= 11 is 0. The Kier molecular flexibility index (Phi) is 7.26. The van der Waals surface area contributed by atoms with Gasteiger partial charge >= 0.3 is 0 Å². The molecule has 0 radical (unpaired) electrons. The van der Waals surface area contributed by atoms with E-state index in [1.165, 1.54) is 0 Å². The molecule has 1 N–H and O–H groups in total. The highest BCUT2D eigenvalue weighted by atomic mass is 16.6. The van der Waals surface area contributed by atoms with Crippen molar-refractivity contribution >= 4 is 0 Å². The van der Waals surface area contributed by atoms with Gasteiger partial charge in [0.25, 0.3) is 0 Å². The van der Waals surface area contributed by atoms with E-state index in [0.717, 1.165) is 12.0 Å². The molecule has 2 nitrogen and oxygen atoms in total. The number of ether oxygens (including phenoxy) is 1. The first-order valence-corrected chi connectivity index (χ1v) is 4.55. The van der Waals surface area contributed by atoms with E-state index in [2.05, 4.69) is 6.58 Å². The first-order valence-electron chi connectivity index (χ1n) is 4.55. The molecule has 2 heteroatoms. The van der Waals surface area contributed by atoms with Crippen LogP contribution in [0.5, 0.6) is 0 Å². The fourth-order valence-corrected chi connectivity index (χ4v) is 0.864. The third kappa shape index (κ3) is 5.39. The van der Waals surface area contributed by atoms with Crippen LogP contribution in [0, 0.1) is 0 Å². The van der Waals surface area contributed by atoms with Gasteiger partial charge in [-0.25, -0.2) is 0 Å². The highest BCUT2D eigenvalue weighted by Gasteiger charge is 2.05. The maximum atomic E-state index is 9.48. The average molecular weight is 182 g/mol. The van der Waals surface area contributed by atoms with Crippen molar-refractivity contribution in [3.63, 3.8) is 0 Å². The molecule has 1 unspecified atom stereocenters. The average Bonchev–Trinajstić information content (AvgIpc) is 2.12. The first-order chi connectivity index (χ1) is 6.26. The Labute approximate surface area is 80.2 Å². The normalized spacial score (nSPS) is 14.8. The van der Waals surface area contributed by atoms with Crippen molar-refractivity contribution in [1.29, 1.82) is 0 Å². The number of hydrogen-bond acceptors (Lipinski definition) is 2. The van der Waals surface area contributed by atoms with E-state index >= 15 is 0 Å². The molecule has 0 aliphatic carbocycles. The van der Waals surface area contributed by atoms with Crippen molar-refractivity contribution in [1.82, 2.24) is 0 Å². The molecule has 74 valence electrons. The lowest BCUT2D eigenvalue weighted by molar-refractivity contribution is -0.0646. The van der Waals surface area contributed by atoms with Crippen molar-refractivity contribution in [2.75, 3.05) is 6.61 Å². The number of aliphatic hydroxyl groups excluding tert-OH is 1. The van der Waals surface area contributed by atoms with Crippen LogP contribution in [0.1, 0.15) is 20.3 Å². The van der Waals surface area contributed by atoms with Gasteiger partial charge in [-0.15, -0.1) is 0 Å². The molecule has 13 heavy (non-hydrogen) atoms. The predicted octanol–water partition coefficient (Wildman–Crippen LogP) is 2.42. The number of rotatable bonds is 6. The zero-order valence-corrected chi connectivity index (χ0v) is 8.36. The molecule has 0 aromatic carbocycles. The van der Waals surface area contributed by atoms with E-state index in [9.17, 15) is 5.11 Å². The van der Waals surface area contributed by atoms with Crippen LogP contribution in [0.15, 0.2) is 36.5 Å². The van der Waals surface area contributed by atoms with Gasteiger partial charge in [0.1, 0.15) is 0 Å². The molecule has 0 aliphatic rings. The number of aliphatic hydroxyl groups is 1. The second kappa shape index (κ2) is 7.77. The molecule has 0 aliphatic heterocycles. The molecule has 0 aromatic heterocycles. The van der Waals surface area contributed by atoms with Gasteiger partial charge in [-0.05, 0) is 13.3 Å². The summed E-state index contributed by atoms with van der Waals surface area (Å²) in [6.07, 6.45) is 7.29. The second-order valence-electron chi connectivity index (χ2n) is 2.52. The van der Waals surface area contributed by atoms with Gasteiger partial charge in [-0.3, -0.25) is 0 Å². The summed E-state index contributed by atoms with van der Waals surface area (Å²) in [4.78, 5) is 0. The molecule has 0 amide bonds. The fourth-order valence-electron chi connectivity index (χ4n) is 0.864. The van der Waals surface area contributed by atoms with Crippen LogP contribution in [0.25, 0.3) is 0 Å². The summed E-state index contributed by atoms with van der Waals surface area (Å²) in [5, 5.41) is 9.48. The van der Waals surface area contributed by atoms with Crippen molar-refractivity contribution in [2.24, 2.45) is 0 Å².